The van der Waals surface area contributed by atoms with E-state index in [4.69, 9.17) is 9.47 Å². The molecule has 0 fully saturated rings. The first-order valence-corrected chi connectivity index (χ1v) is 7.65. The molecule has 120 valence electrons. The molecule has 0 heterocycles. The monoisotopic (exact) mass is 296 g/mol. The van der Waals surface area contributed by atoms with Gasteiger partial charge in [-0.25, -0.2) is 0 Å². The molecule has 0 radical (unpaired) electrons. The molecular weight excluding hydrogens is 268 g/mol. The van der Waals surface area contributed by atoms with Crippen LogP contribution in [0.2, 0.25) is 0 Å². The van der Waals surface area contributed by atoms with Gasteiger partial charge >= 0.3 is 0 Å². The predicted molar refractivity (Wildman–Crippen MR) is 83.4 cm³/mol. The molecule has 1 aromatic rings. The minimum Gasteiger partial charge on any atom is -0.497 e. The summed E-state index contributed by atoms with van der Waals surface area (Å²) in [5.74, 6) is 0.697. The van der Waals surface area contributed by atoms with Crippen LogP contribution in [0, 0.1) is 5.92 Å². The van der Waals surface area contributed by atoms with Gasteiger partial charge in [0.1, 0.15) is 5.75 Å². The Kier molecular flexibility index (Phi) is 8.35. The number of hydrogen-bond acceptors (Lipinski definition) is 4. The van der Waals surface area contributed by atoms with Crippen LogP contribution in [0.3, 0.4) is 0 Å². The van der Waals surface area contributed by atoms with Gasteiger partial charge in [0.25, 0.3) is 0 Å². The molecule has 1 rings (SSSR count). The maximum absolute atomic E-state index is 10.3. The average molecular weight is 296 g/mol. The highest BCUT2D eigenvalue weighted by Crippen LogP contribution is 2.19. The Bertz CT molecular complexity index is 377. The number of rotatable bonds is 10. The van der Waals surface area contributed by atoms with E-state index < -0.39 is 6.10 Å². The van der Waals surface area contributed by atoms with Crippen molar-refractivity contribution in [1.29, 1.82) is 0 Å². The van der Waals surface area contributed by atoms with Crippen molar-refractivity contribution in [3.8, 4) is 5.75 Å². The summed E-state index contributed by atoms with van der Waals surface area (Å²) in [6.45, 7) is 4.39. The fourth-order valence-electron chi connectivity index (χ4n) is 2.27. The smallest absolute Gasteiger partial charge is 0.118 e. The number of hydrogen-bond donors (Lipinski definition) is 2. The van der Waals surface area contributed by atoms with Crippen molar-refractivity contribution in [1.82, 2.24) is 0 Å². The van der Waals surface area contributed by atoms with Gasteiger partial charge in [0.05, 0.1) is 25.9 Å². The summed E-state index contributed by atoms with van der Waals surface area (Å²) in [6, 6.07) is 7.66. The number of ether oxygens (including phenoxy) is 2. The van der Waals surface area contributed by atoms with Crippen LogP contribution in [0.25, 0.3) is 0 Å². The number of methoxy groups -OCH3 is 1. The van der Waals surface area contributed by atoms with Crippen LogP contribution in [0.5, 0.6) is 5.75 Å². The third kappa shape index (κ3) is 6.04. The van der Waals surface area contributed by atoms with Crippen LogP contribution < -0.4 is 4.74 Å². The maximum Gasteiger partial charge on any atom is 0.118 e. The lowest BCUT2D eigenvalue weighted by molar-refractivity contribution is -0.0707. The summed E-state index contributed by atoms with van der Waals surface area (Å²) >= 11 is 0. The van der Waals surface area contributed by atoms with Crippen molar-refractivity contribution < 1.29 is 19.7 Å². The van der Waals surface area contributed by atoms with Crippen molar-refractivity contribution in [2.24, 2.45) is 5.92 Å². The van der Waals surface area contributed by atoms with Crippen LogP contribution in [-0.4, -0.2) is 36.1 Å². The quantitative estimate of drug-likeness (QED) is 0.697. The molecule has 4 heteroatoms. The lowest BCUT2D eigenvalue weighted by Gasteiger charge is -2.26. The van der Waals surface area contributed by atoms with Gasteiger partial charge < -0.3 is 19.7 Å². The molecule has 0 aromatic heterocycles. The van der Waals surface area contributed by atoms with Crippen LogP contribution in [0.4, 0.5) is 0 Å². The second kappa shape index (κ2) is 9.77. The number of unbranched alkanes of at least 4 members (excludes halogenated alkanes) is 1. The normalized spacial score (nSPS) is 15.5. The highest BCUT2D eigenvalue weighted by molar-refractivity contribution is 5.26. The highest BCUT2D eigenvalue weighted by atomic mass is 16.5. The lowest BCUT2D eigenvalue weighted by atomic mass is 9.94. The molecule has 0 saturated heterocycles. The zero-order valence-corrected chi connectivity index (χ0v) is 13.3. The molecule has 21 heavy (non-hydrogen) atoms. The SMILES string of the molecule is CCCC[C@@H](CO)[C@H](O)[C@H](C)OCc1ccc(OC)cc1. The number of aliphatic hydroxyl groups excluding tert-OH is 2. The second-order valence-electron chi connectivity index (χ2n) is 5.44. The molecule has 0 spiro atoms. The number of benzene rings is 1. The number of aliphatic hydroxyl groups is 2. The van der Waals surface area contributed by atoms with Gasteiger partial charge in [-0.3, -0.25) is 0 Å². The third-order valence-corrected chi connectivity index (χ3v) is 3.80. The lowest BCUT2D eigenvalue weighted by Crippen LogP contribution is -2.35. The molecule has 0 unspecified atom stereocenters. The first kappa shape index (κ1) is 18.0. The van der Waals surface area contributed by atoms with Gasteiger partial charge in [-0.05, 0) is 31.0 Å². The van der Waals surface area contributed by atoms with E-state index in [1.165, 1.54) is 0 Å². The molecule has 2 N–H and O–H groups in total. The zero-order chi connectivity index (χ0) is 15.7. The van der Waals surface area contributed by atoms with E-state index in [-0.39, 0.29) is 18.6 Å². The van der Waals surface area contributed by atoms with Gasteiger partial charge in [0, 0.05) is 12.5 Å². The van der Waals surface area contributed by atoms with Crippen molar-refractivity contribution in [3.63, 3.8) is 0 Å². The molecule has 0 aliphatic carbocycles. The Hall–Kier alpha value is -1.10. The van der Waals surface area contributed by atoms with E-state index in [2.05, 4.69) is 6.92 Å². The average Bonchev–Trinajstić information content (AvgIpc) is 2.53. The molecule has 0 amide bonds. The van der Waals surface area contributed by atoms with Crippen molar-refractivity contribution >= 4 is 0 Å². The zero-order valence-electron chi connectivity index (χ0n) is 13.3. The fraction of sp³-hybridized carbons (Fsp3) is 0.647. The topological polar surface area (TPSA) is 58.9 Å². The minimum absolute atomic E-state index is 0.00258. The van der Waals surface area contributed by atoms with Crippen LogP contribution in [0.15, 0.2) is 24.3 Å². The van der Waals surface area contributed by atoms with E-state index in [0.717, 1.165) is 30.6 Å². The van der Waals surface area contributed by atoms with E-state index in [0.29, 0.717) is 6.61 Å². The Labute approximate surface area is 127 Å². The summed E-state index contributed by atoms with van der Waals surface area (Å²) in [6.07, 6.45) is 1.95. The van der Waals surface area contributed by atoms with Crippen LogP contribution >= 0.6 is 0 Å². The Balaban J connectivity index is 2.44. The Morgan fingerprint density at radius 3 is 2.38 bits per heavy atom. The van der Waals surface area contributed by atoms with Gasteiger partial charge in [0.2, 0.25) is 0 Å². The third-order valence-electron chi connectivity index (χ3n) is 3.80. The molecule has 3 atom stereocenters. The molecule has 0 saturated carbocycles. The molecule has 0 aliphatic rings. The van der Waals surface area contributed by atoms with E-state index in [9.17, 15) is 10.2 Å². The first-order valence-electron chi connectivity index (χ1n) is 7.65. The van der Waals surface area contributed by atoms with Crippen LogP contribution in [-0.2, 0) is 11.3 Å². The van der Waals surface area contributed by atoms with Crippen molar-refractivity contribution in [2.45, 2.75) is 51.9 Å². The van der Waals surface area contributed by atoms with Crippen LogP contribution in [0.1, 0.15) is 38.7 Å². The summed E-state index contributed by atoms with van der Waals surface area (Å²) in [5, 5.41) is 19.6. The second-order valence-corrected chi connectivity index (χ2v) is 5.44. The molecule has 1 aromatic carbocycles. The van der Waals surface area contributed by atoms with Gasteiger partial charge in [-0.2, -0.15) is 0 Å². The van der Waals surface area contributed by atoms with E-state index >= 15 is 0 Å². The summed E-state index contributed by atoms with van der Waals surface area (Å²) in [5.41, 5.74) is 1.03. The van der Waals surface area contributed by atoms with E-state index in [1.807, 2.05) is 31.2 Å². The molecular formula is C17H28O4. The predicted octanol–water partition coefficient (Wildman–Crippen LogP) is 2.76. The standard InChI is InChI=1S/C17H28O4/c1-4-5-6-15(11-18)17(19)13(2)21-12-14-7-9-16(20-3)10-8-14/h7-10,13,15,17-19H,4-6,11-12H2,1-3H3/t13-,15-,17+/m0/s1. The minimum atomic E-state index is -0.639. The summed E-state index contributed by atoms with van der Waals surface area (Å²) < 4.78 is 10.8. The summed E-state index contributed by atoms with van der Waals surface area (Å²) in [7, 11) is 1.63. The first-order chi connectivity index (χ1) is 10.1. The Morgan fingerprint density at radius 2 is 1.86 bits per heavy atom. The van der Waals surface area contributed by atoms with Crippen molar-refractivity contribution in [2.75, 3.05) is 13.7 Å². The largest absolute Gasteiger partial charge is 0.497 e. The maximum atomic E-state index is 10.3. The summed E-state index contributed by atoms with van der Waals surface area (Å²) in [4.78, 5) is 0. The molecule has 0 bridgehead atoms. The Morgan fingerprint density at radius 1 is 1.19 bits per heavy atom. The van der Waals surface area contributed by atoms with Crippen molar-refractivity contribution in [3.05, 3.63) is 29.8 Å². The van der Waals surface area contributed by atoms with Gasteiger partial charge in [0.15, 0.2) is 0 Å². The highest BCUT2D eigenvalue weighted by Gasteiger charge is 2.24. The molecule has 4 nitrogen and oxygen atoms in total. The van der Waals surface area contributed by atoms with Gasteiger partial charge in [-0.15, -0.1) is 0 Å². The molecule has 0 aliphatic heterocycles. The van der Waals surface area contributed by atoms with Gasteiger partial charge in [-0.1, -0.05) is 31.9 Å². The van der Waals surface area contributed by atoms with E-state index in [1.54, 1.807) is 7.11 Å². The fourth-order valence-corrected chi connectivity index (χ4v) is 2.27.